The third-order valence-corrected chi connectivity index (χ3v) is 5.40. The van der Waals surface area contributed by atoms with Crippen molar-refractivity contribution in [3.05, 3.63) is 71.0 Å². The second-order valence-electron chi connectivity index (χ2n) is 7.59. The van der Waals surface area contributed by atoms with Gasteiger partial charge in [0.05, 0.1) is 12.8 Å². The molecular weight excluding hydrogens is 392 g/mol. The number of piperidine rings is 1. The Hall–Kier alpha value is -3.61. The first kappa shape index (κ1) is 20.7. The summed E-state index contributed by atoms with van der Waals surface area (Å²) in [5, 5.41) is 7.18. The lowest BCUT2D eigenvalue weighted by Crippen LogP contribution is -2.29. The molecule has 1 aliphatic rings. The van der Waals surface area contributed by atoms with Gasteiger partial charge < -0.3 is 15.0 Å². The molecule has 2 aromatic carbocycles. The lowest BCUT2D eigenvalue weighted by atomic mass is 10.1. The highest BCUT2D eigenvalue weighted by atomic mass is 16.5. The van der Waals surface area contributed by atoms with E-state index >= 15 is 0 Å². The molecule has 1 saturated heterocycles. The number of amides is 1. The lowest BCUT2D eigenvalue weighted by Gasteiger charge is -2.28. The van der Waals surface area contributed by atoms with E-state index in [0.717, 1.165) is 18.7 Å². The van der Waals surface area contributed by atoms with Crippen molar-refractivity contribution in [3.63, 3.8) is 0 Å². The minimum Gasteiger partial charge on any atom is -0.497 e. The predicted octanol–water partition coefficient (Wildman–Crippen LogP) is 3.55. The summed E-state index contributed by atoms with van der Waals surface area (Å²) in [6.45, 7) is 2.01. The number of methoxy groups -OCH3 is 1. The van der Waals surface area contributed by atoms with Crippen LogP contribution >= 0.6 is 0 Å². The number of rotatable bonds is 6. The van der Waals surface area contributed by atoms with E-state index in [9.17, 15) is 9.59 Å². The highest BCUT2D eigenvalue weighted by molar-refractivity contribution is 5.90. The summed E-state index contributed by atoms with van der Waals surface area (Å²) >= 11 is 0. The molecule has 0 atom stereocenters. The average molecular weight is 418 g/mol. The van der Waals surface area contributed by atoms with E-state index in [1.807, 2.05) is 12.1 Å². The third kappa shape index (κ3) is 5.12. The Morgan fingerprint density at radius 2 is 1.81 bits per heavy atom. The molecule has 2 heterocycles. The zero-order chi connectivity index (χ0) is 21.6. The summed E-state index contributed by atoms with van der Waals surface area (Å²) in [5.74, 6) is 0.309. The van der Waals surface area contributed by atoms with Gasteiger partial charge in [-0.05, 0) is 49.6 Å². The second-order valence-corrected chi connectivity index (χ2v) is 7.59. The molecule has 3 aromatic rings. The number of carbonyl (C=O) groups excluding carboxylic acids is 1. The molecule has 0 aliphatic carbocycles. The van der Waals surface area contributed by atoms with Crippen LogP contribution in [0.25, 0.3) is 11.3 Å². The molecule has 0 bridgehead atoms. The van der Waals surface area contributed by atoms with Gasteiger partial charge in [0.15, 0.2) is 0 Å². The van der Waals surface area contributed by atoms with E-state index in [2.05, 4.69) is 27.4 Å². The van der Waals surface area contributed by atoms with Gasteiger partial charge in [0.25, 0.3) is 5.56 Å². The minimum atomic E-state index is -0.333. The van der Waals surface area contributed by atoms with Crippen LogP contribution in [0, 0.1) is 0 Å². The van der Waals surface area contributed by atoms with Crippen LogP contribution in [-0.4, -0.2) is 35.9 Å². The van der Waals surface area contributed by atoms with E-state index in [1.54, 1.807) is 37.4 Å². The van der Waals surface area contributed by atoms with Crippen LogP contribution in [0.15, 0.2) is 65.5 Å². The van der Waals surface area contributed by atoms with Crippen LogP contribution in [-0.2, 0) is 11.3 Å². The van der Waals surface area contributed by atoms with Crippen molar-refractivity contribution in [2.75, 3.05) is 30.4 Å². The van der Waals surface area contributed by atoms with Crippen LogP contribution in [0.3, 0.4) is 0 Å². The third-order valence-electron chi connectivity index (χ3n) is 5.40. The Labute approximate surface area is 181 Å². The molecule has 1 aliphatic heterocycles. The van der Waals surface area contributed by atoms with Crippen LogP contribution in [0.4, 0.5) is 11.4 Å². The number of carbonyl (C=O) groups is 1. The Bertz CT molecular complexity index is 1100. The first-order valence-electron chi connectivity index (χ1n) is 10.5. The highest BCUT2D eigenvalue weighted by Gasteiger charge is 2.12. The predicted molar refractivity (Wildman–Crippen MR) is 122 cm³/mol. The van der Waals surface area contributed by atoms with Gasteiger partial charge >= 0.3 is 0 Å². The molecule has 1 amide bonds. The zero-order valence-corrected chi connectivity index (χ0v) is 17.6. The van der Waals surface area contributed by atoms with Crippen molar-refractivity contribution in [3.8, 4) is 17.0 Å². The standard InChI is InChI=1S/C24H26N4O3/c1-31-21-7-5-6-19(16-21)25-23(29)17-28-24(30)13-12-22(26-28)18-8-10-20(11-9-18)27-14-3-2-4-15-27/h5-13,16H,2-4,14-15,17H2,1H3,(H,25,29). The molecule has 0 saturated carbocycles. The van der Waals surface area contributed by atoms with Gasteiger partial charge in [-0.25, -0.2) is 4.68 Å². The monoisotopic (exact) mass is 418 g/mol. The van der Waals surface area contributed by atoms with Crippen molar-refractivity contribution >= 4 is 17.3 Å². The number of nitrogens with zero attached hydrogens (tertiary/aromatic N) is 3. The minimum absolute atomic E-state index is 0.171. The first-order valence-corrected chi connectivity index (χ1v) is 10.5. The highest BCUT2D eigenvalue weighted by Crippen LogP contribution is 2.24. The van der Waals surface area contributed by atoms with Crippen LogP contribution in [0.2, 0.25) is 0 Å². The Morgan fingerprint density at radius 1 is 1.03 bits per heavy atom. The molecule has 7 nitrogen and oxygen atoms in total. The summed E-state index contributed by atoms with van der Waals surface area (Å²) < 4.78 is 6.35. The van der Waals surface area contributed by atoms with E-state index < -0.39 is 0 Å². The number of benzene rings is 2. The van der Waals surface area contributed by atoms with Gasteiger partial charge in [0, 0.05) is 42.2 Å². The summed E-state index contributed by atoms with van der Waals surface area (Å²) in [6.07, 6.45) is 3.75. The van der Waals surface area contributed by atoms with Gasteiger partial charge in [-0.15, -0.1) is 0 Å². The quantitative estimate of drug-likeness (QED) is 0.663. The van der Waals surface area contributed by atoms with E-state index in [4.69, 9.17) is 4.74 Å². The summed E-state index contributed by atoms with van der Waals surface area (Å²) in [7, 11) is 1.56. The van der Waals surface area contributed by atoms with Gasteiger partial charge in [0.2, 0.25) is 5.91 Å². The molecule has 4 rings (SSSR count). The maximum absolute atomic E-state index is 12.4. The molecule has 31 heavy (non-hydrogen) atoms. The van der Waals surface area contributed by atoms with Crippen molar-refractivity contribution in [1.29, 1.82) is 0 Å². The maximum Gasteiger partial charge on any atom is 0.267 e. The molecule has 1 fully saturated rings. The molecule has 0 radical (unpaired) electrons. The van der Waals surface area contributed by atoms with Crippen LogP contribution in [0.5, 0.6) is 5.75 Å². The van der Waals surface area contributed by atoms with Gasteiger partial charge in [-0.2, -0.15) is 5.10 Å². The number of aromatic nitrogens is 2. The van der Waals surface area contributed by atoms with Gasteiger partial charge in [0.1, 0.15) is 12.3 Å². The molecule has 1 aromatic heterocycles. The normalized spacial score (nSPS) is 13.6. The molecule has 0 spiro atoms. The van der Waals surface area contributed by atoms with Crippen LogP contribution < -0.4 is 20.5 Å². The number of hydrogen-bond acceptors (Lipinski definition) is 5. The largest absolute Gasteiger partial charge is 0.497 e. The van der Waals surface area contributed by atoms with Crippen molar-refractivity contribution in [2.24, 2.45) is 0 Å². The van der Waals surface area contributed by atoms with E-state index in [-0.39, 0.29) is 18.0 Å². The Balaban J connectivity index is 1.47. The maximum atomic E-state index is 12.4. The topological polar surface area (TPSA) is 76.5 Å². The van der Waals surface area contributed by atoms with Crippen molar-refractivity contribution < 1.29 is 9.53 Å². The molecule has 7 heteroatoms. The molecular formula is C24H26N4O3. The molecule has 1 N–H and O–H groups in total. The fraction of sp³-hybridized carbons (Fsp3) is 0.292. The fourth-order valence-corrected chi connectivity index (χ4v) is 3.75. The number of ether oxygens (including phenoxy) is 1. The first-order chi connectivity index (χ1) is 15.1. The van der Waals surface area contributed by atoms with E-state index in [0.29, 0.717) is 17.1 Å². The van der Waals surface area contributed by atoms with Gasteiger partial charge in [-0.1, -0.05) is 18.2 Å². The summed E-state index contributed by atoms with van der Waals surface area (Å²) in [4.78, 5) is 27.1. The molecule has 160 valence electrons. The summed E-state index contributed by atoms with van der Waals surface area (Å²) in [6, 6.07) is 18.4. The SMILES string of the molecule is COc1cccc(NC(=O)Cn2nc(-c3ccc(N4CCCCC4)cc3)ccc2=O)c1. The van der Waals surface area contributed by atoms with Crippen molar-refractivity contribution in [2.45, 2.75) is 25.8 Å². The lowest BCUT2D eigenvalue weighted by molar-refractivity contribution is -0.117. The van der Waals surface area contributed by atoms with E-state index in [1.165, 1.54) is 35.7 Å². The second kappa shape index (κ2) is 9.47. The summed E-state index contributed by atoms with van der Waals surface area (Å²) in [5.41, 5.74) is 3.03. The number of anilines is 2. The zero-order valence-electron chi connectivity index (χ0n) is 17.6. The number of hydrogen-bond donors (Lipinski definition) is 1. The van der Waals surface area contributed by atoms with Crippen molar-refractivity contribution in [1.82, 2.24) is 9.78 Å². The smallest absolute Gasteiger partial charge is 0.267 e. The van der Waals surface area contributed by atoms with Crippen LogP contribution in [0.1, 0.15) is 19.3 Å². The average Bonchev–Trinajstić information content (AvgIpc) is 2.81. The Morgan fingerprint density at radius 3 is 2.55 bits per heavy atom. The molecule has 0 unspecified atom stereocenters. The van der Waals surface area contributed by atoms with Gasteiger partial charge in [-0.3, -0.25) is 9.59 Å². The Kier molecular flexibility index (Phi) is 6.31. The number of nitrogens with one attached hydrogen (secondary N) is 1. The fourth-order valence-electron chi connectivity index (χ4n) is 3.75.